The molecule has 3 aromatic carbocycles. The van der Waals surface area contributed by atoms with Gasteiger partial charge < -0.3 is 4.74 Å². The van der Waals surface area contributed by atoms with E-state index in [1.807, 2.05) is 48.5 Å². The van der Waals surface area contributed by atoms with Gasteiger partial charge in [-0.15, -0.1) is 0 Å². The predicted octanol–water partition coefficient (Wildman–Crippen LogP) is 6.09. The molecule has 0 atom stereocenters. The van der Waals surface area contributed by atoms with Gasteiger partial charge in [0.25, 0.3) is 0 Å². The van der Waals surface area contributed by atoms with E-state index in [9.17, 15) is 4.79 Å². The number of para-hydroxylation sites is 1. The van der Waals surface area contributed by atoms with E-state index >= 15 is 0 Å². The first kappa shape index (κ1) is 23.1. The molecular formula is C29H31N3O3. The van der Waals surface area contributed by atoms with Crippen molar-refractivity contribution in [3.8, 4) is 22.8 Å². The number of unbranched alkanes of at least 4 members (excludes halogenated alkanes) is 2. The summed E-state index contributed by atoms with van der Waals surface area (Å²) in [6, 6.07) is 26.6. The summed E-state index contributed by atoms with van der Waals surface area (Å²) >= 11 is 0. The molecule has 0 bridgehead atoms. The van der Waals surface area contributed by atoms with Gasteiger partial charge in [-0.05, 0) is 62.3 Å². The van der Waals surface area contributed by atoms with E-state index < -0.39 is 0 Å². The number of nitrogens with one attached hydrogen (secondary N) is 1. The van der Waals surface area contributed by atoms with Crippen molar-refractivity contribution >= 4 is 16.9 Å². The lowest BCUT2D eigenvalue weighted by Crippen LogP contribution is -2.24. The first-order valence-corrected chi connectivity index (χ1v) is 12.4. The highest BCUT2D eigenvalue weighted by atomic mass is 16.7. The highest BCUT2D eigenvalue weighted by Crippen LogP contribution is 2.31. The number of fused-ring (bicyclic) bond motifs is 1. The van der Waals surface area contributed by atoms with Crippen molar-refractivity contribution < 1.29 is 14.4 Å². The van der Waals surface area contributed by atoms with Gasteiger partial charge in [0.15, 0.2) is 0 Å². The lowest BCUT2D eigenvalue weighted by molar-refractivity contribution is -0.134. The van der Waals surface area contributed by atoms with Crippen molar-refractivity contribution in [1.29, 1.82) is 0 Å². The van der Waals surface area contributed by atoms with Crippen LogP contribution in [-0.2, 0) is 9.63 Å². The van der Waals surface area contributed by atoms with Crippen molar-refractivity contribution in [1.82, 2.24) is 15.0 Å². The molecule has 1 aliphatic carbocycles. The van der Waals surface area contributed by atoms with Gasteiger partial charge in [0, 0.05) is 23.7 Å². The Morgan fingerprint density at radius 1 is 0.943 bits per heavy atom. The van der Waals surface area contributed by atoms with Crippen molar-refractivity contribution in [2.75, 3.05) is 13.2 Å². The maximum Gasteiger partial charge on any atom is 0.243 e. The van der Waals surface area contributed by atoms with Crippen LogP contribution in [0.3, 0.4) is 0 Å². The smallest absolute Gasteiger partial charge is 0.243 e. The zero-order chi connectivity index (χ0) is 23.9. The van der Waals surface area contributed by atoms with E-state index in [0.717, 1.165) is 53.1 Å². The number of rotatable bonds is 12. The van der Waals surface area contributed by atoms with Gasteiger partial charge in [-0.3, -0.25) is 14.2 Å². The summed E-state index contributed by atoms with van der Waals surface area (Å²) in [4.78, 5) is 22.0. The second-order valence-corrected chi connectivity index (χ2v) is 9.06. The van der Waals surface area contributed by atoms with Gasteiger partial charge in [-0.2, -0.15) is 0 Å². The van der Waals surface area contributed by atoms with Gasteiger partial charge in [0.1, 0.15) is 11.6 Å². The second-order valence-electron chi connectivity index (χ2n) is 9.06. The monoisotopic (exact) mass is 469 g/mol. The Kier molecular flexibility index (Phi) is 7.39. The maximum absolute atomic E-state index is 11.8. The number of hydrogen-bond donors (Lipinski definition) is 1. The topological polar surface area (TPSA) is 65.4 Å². The second kappa shape index (κ2) is 11.2. The summed E-state index contributed by atoms with van der Waals surface area (Å²) in [6.07, 6.45) is 5.55. The van der Waals surface area contributed by atoms with Crippen molar-refractivity contribution in [3.63, 3.8) is 0 Å². The van der Waals surface area contributed by atoms with Gasteiger partial charge in [-0.25, -0.2) is 10.5 Å². The van der Waals surface area contributed by atoms with Gasteiger partial charge in [0.2, 0.25) is 5.91 Å². The molecule has 6 nitrogen and oxygen atoms in total. The molecule has 1 fully saturated rings. The number of imidazole rings is 1. The van der Waals surface area contributed by atoms with E-state index in [-0.39, 0.29) is 5.91 Å². The summed E-state index contributed by atoms with van der Waals surface area (Å²) in [5.41, 5.74) is 6.60. The molecule has 0 unspecified atom stereocenters. The minimum atomic E-state index is -0.0413. The third-order valence-electron chi connectivity index (χ3n) is 6.19. The molecule has 0 aliphatic heterocycles. The number of hydroxylamine groups is 1. The van der Waals surface area contributed by atoms with Crippen LogP contribution in [0.5, 0.6) is 5.75 Å². The van der Waals surface area contributed by atoms with Gasteiger partial charge >= 0.3 is 0 Å². The number of hydrogen-bond acceptors (Lipinski definition) is 4. The van der Waals surface area contributed by atoms with Crippen LogP contribution in [0.1, 0.15) is 38.5 Å². The molecule has 1 N–H and O–H groups in total. The first-order chi connectivity index (χ1) is 17.3. The van der Waals surface area contributed by atoms with E-state index in [1.54, 1.807) is 0 Å². The number of carbonyl (C=O) groups is 1. The number of ether oxygens (including phenoxy) is 1. The van der Waals surface area contributed by atoms with E-state index in [1.165, 1.54) is 12.8 Å². The third kappa shape index (κ3) is 6.08. The molecule has 6 heteroatoms. The third-order valence-corrected chi connectivity index (χ3v) is 6.19. The minimum Gasteiger partial charge on any atom is -0.494 e. The van der Waals surface area contributed by atoms with Crippen molar-refractivity contribution in [2.45, 2.75) is 38.5 Å². The molecule has 0 radical (unpaired) electrons. The number of amides is 1. The zero-order valence-electron chi connectivity index (χ0n) is 19.9. The minimum absolute atomic E-state index is 0.0413. The molecule has 0 spiro atoms. The molecular weight excluding hydrogens is 438 g/mol. The normalized spacial score (nSPS) is 13.1. The highest BCUT2D eigenvalue weighted by Gasteiger charge is 2.21. The Hall–Kier alpha value is -3.64. The van der Waals surface area contributed by atoms with Crippen LogP contribution >= 0.6 is 0 Å². The van der Waals surface area contributed by atoms with Crippen LogP contribution in [0.15, 0.2) is 78.9 Å². The molecule has 0 saturated heterocycles. The van der Waals surface area contributed by atoms with Crippen LogP contribution in [0.25, 0.3) is 28.1 Å². The lowest BCUT2D eigenvalue weighted by Gasteiger charge is -2.11. The summed E-state index contributed by atoms with van der Waals surface area (Å²) in [5, 5.41) is 0. The molecule has 1 amide bonds. The fourth-order valence-electron chi connectivity index (χ4n) is 4.09. The Bertz CT molecular complexity index is 1250. The predicted molar refractivity (Wildman–Crippen MR) is 137 cm³/mol. The van der Waals surface area contributed by atoms with Crippen LogP contribution in [0.2, 0.25) is 0 Å². The Labute approximate surface area is 205 Å². The van der Waals surface area contributed by atoms with E-state index in [4.69, 9.17) is 14.6 Å². The molecule has 1 aliphatic rings. The summed E-state index contributed by atoms with van der Waals surface area (Å²) in [7, 11) is 0. The van der Waals surface area contributed by atoms with Crippen LogP contribution < -0.4 is 10.2 Å². The lowest BCUT2D eigenvalue weighted by atomic mass is 10.2. The summed E-state index contributed by atoms with van der Waals surface area (Å²) in [5.74, 6) is 2.33. The molecule has 5 rings (SSSR count). The fourth-order valence-corrected chi connectivity index (χ4v) is 4.09. The average molecular weight is 470 g/mol. The number of benzene rings is 3. The Balaban J connectivity index is 1.20. The Morgan fingerprint density at radius 3 is 2.49 bits per heavy atom. The van der Waals surface area contributed by atoms with E-state index in [2.05, 4.69) is 40.4 Å². The largest absolute Gasteiger partial charge is 0.494 e. The quantitative estimate of drug-likeness (QED) is 0.201. The number of carbonyl (C=O) groups excluding carboxylic acids is 1. The maximum atomic E-state index is 11.8. The average Bonchev–Trinajstić information content (AvgIpc) is 3.64. The molecule has 1 aromatic heterocycles. The number of aromatic nitrogens is 2. The van der Waals surface area contributed by atoms with E-state index in [0.29, 0.717) is 25.6 Å². The summed E-state index contributed by atoms with van der Waals surface area (Å²) < 4.78 is 8.24. The molecule has 180 valence electrons. The molecule has 1 heterocycles. The van der Waals surface area contributed by atoms with Crippen molar-refractivity contribution in [2.24, 2.45) is 5.92 Å². The molecule has 35 heavy (non-hydrogen) atoms. The molecule has 4 aromatic rings. The molecule has 1 saturated carbocycles. The number of nitrogens with zero attached hydrogens (tertiary/aromatic N) is 2. The van der Waals surface area contributed by atoms with Crippen LogP contribution in [-0.4, -0.2) is 28.7 Å². The fraction of sp³-hybridized carbons (Fsp3) is 0.310. The Morgan fingerprint density at radius 2 is 1.71 bits per heavy atom. The van der Waals surface area contributed by atoms with Crippen LogP contribution in [0.4, 0.5) is 0 Å². The van der Waals surface area contributed by atoms with Crippen molar-refractivity contribution in [3.05, 3.63) is 78.9 Å². The van der Waals surface area contributed by atoms with Gasteiger partial charge in [0.05, 0.1) is 24.2 Å². The highest BCUT2D eigenvalue weighted by molar-refractivity contribution is 5.84. The standard InChI is InChI=1S/C29H31N3O3/c33-28(31-35-21-22-15-16-22)14-8-3-9-19-34-25-17-18-26-27(20-25)32(24-12-6-2-7-13-24)29(30-26)23-10-4-1-5-11-23/h1-2,4-7,10-13,17-18,20,22H,3,8-9,14-16,19,21H2,(H,31,33). The summed E-state index contributed by atoms with van der Waals surface area (Å²) in [6.45, 7) is 1.25. The van der Waals surface area contributed by atoms with Crippen LogP contribution in [0, 0.1) is 5.92 Å². The first-order valence-electron chi connectivity index (χ1n) is 12.4. The zero-order valence-corrected chi connectivity index (χ0v) is 19.9. The SMILES string of the molecule is O=C(CCCCCOc1ccc2nc(-c3ccccc3)n(-c3ccccc3)c2c1)NOCC1CC1. The van der Waals surface area contributed by atoms with Gasteiger partial charge in [-0.1, -0.05) is 48.5 Å².